The zero-order valence-electron chi connectivity index (χ0n) is 8.92. The molecule has 1 aliphatic rings. The molecule has 1 amide bonds. The number of hydrogen-bond donors (Lipinski definition) is 1. The van der Waals surface area contributed by atoms with E-state index < -0.39 is 11.4 Å². The van der Waals surface area contributed by atoms with Crippen molar-refractivity contribution in [2.75, 3.05) is 13.7 Å². The number of esters is 1. The first kappa shape index (κ1) is 11.0. The van der Waals surface area contributed by atoms with Gasteiger partial charge in [0.25, 0.3) is 0 Å². The first-order chi connectivity index (χ1) is 6.53. The lowest BCUT2D eigenvalue weighted by atomic mass is 9.79. The molecule has 1 atom stereocenters. The van der Waals surface area contributed by atoms with Crippen LogP contribution in [-0.2, 0) is 14.3 Å². The van der Waals surface area contributed by atoms with Crippen molar-refractivity contribution in [3.8, 4) is 0 Å². The second kappa shape index (κ2) is 3.98. The van der Waals surface area contributed by atoms with E-state index in [9.17, 15) is 9.59 Å². The smallest absolute Gasteiger partial charge is 0.321 e. The summed E-state index contributed by atoms with van der Waals surface area (Å²) in [7, 11) is 1.33. The van der Waals surface area contributed by atoms with Crippen LogP contribution in [0.3, 0.4) is 0 Å². The number of hydrogen-bond acceptors (Lipinski definition) is 3. The molecule has 1 fully saturated rings. The summed E-state index contributed by atoms with van der Waals surface area (Å²) in [4.78, 5) is 23.2. The van der Waals surface area contributed by atoms with Crippen LogP contribution in [0.4, 0.5) is 0 Å². The van der Waals surface area contributed by atoms with Gasteiger partial charge < -0.3 is 10.1 Å². The van der Waals surface area contributed by atoms with E-state index in [0.717, 1.165) is 0 Å². The van der Waals surface area contributed by atoms with Gasteiger partial charge in [-0.2, -0.15) is 0 Å². The van der Waals surface area contributed by atoms with Gasteiger partial charge >= 0.3 is 5.97 Å². The summed E-state index contributed by atoms with van der Waals surface area (Å²) in [6.07, 6.45) is 1.11. The Bertz CT molecular complexity index is 250. The maximum absolute atomic E-state index is 11.6. The van der Waals surface area contributed by atoms with Gasteiger partial charge in [-0.1, -0.05) is 13.8 Å². The minimum absolute atomic E-state index is 0.182. The summed E-state index contributed by atoms with van der Waals surface area (Å²) in [6, 6.07) is 0. The molecule has 80 valence electrons. The number of rotatable bonds is 3. The summed E-state index contributed by atoms with van der Waals surface area (Å²) in [5.41, 5.74) is -0.928. The lowest BCUT2D eigenvalue weighted by Gasteiger charge is -2.24. The fourth-order valence-electron chi connectivity index (χ4n) is 2.04. The molecule has 1 unspecified atom stereocenters. The molecule has 1 aliphatic heterocycles. The highest BCUT2D eigenvalue weighted by Crippen LogP contribution is 2.35. The van der Waals surface area contributed by atoms with Gasteiger partial charge in [0.1, 0.15) is 5.41 Å². The highest BCUT2D eigenvalue weighted by Gasteiger charge is 2.50. The van der Waals surface area contributed by atoms with Crippen LogP contribution < -0.4 is 5.32 Å². The van der Waals surface area contributed by atoms with E-state index in [0.29, 0.717) is 25.3 Å². The predicted molar refractivity (Wildman–Crippen MR) is 51.5 cm³/mol. The minimum Gasteiger partial charge on any atom is -0.468 e. The highest BCUT2D eigenvalue weighted by atomic mass is 16.5. The third-order valence-corrected chi connectivity index (χ3v) is 2.60. The predicted octanol–water partition coefficient (Wildman–Crippen LogP) is 0.712. The van der Waals surface area contributed by atoms with Gasteiger partial charge in [0, 0.05) is 6.54 Å². The van der Waals surface area contributed by atoms with Gasteiger partial charge in [0.05, 0.1) is 7.11 Å². The third-order valence-electron chi connectivity index (χ3n) is 2.60. The van der Waals surface area contributed by atoms with Crippen LogP contribution in [0.2, 0.25) is 0 Å². The van der Waals surface area contributed by atoms with Crippen molar-refractivity contribution in [3.63, 3.8) is 0 Å². The fraction of sp³-hybridized carbons (Fsp3) is 0.800. The van der Waals surface area contributed by atoms with Crippen LogP contribution in [0, 0.1) is 11.3 Å². The second-order valence-electron chi connectivity index (χ2n) is 4.18. The lowest BCUT2D eigenvalue weighted by Crippen LogP contribution is -2.40. The normalized spacial score (nSPS) is 26.4. The Hall–Kier alpha value is -1.06. The lowest BCUT2D eigenvalue weighted by molar-refractivity contribution is -0.158. The van der Waals surface area contributed by atoms with Gasteiger partial charge in [0.2, 0.25) is 5.91 Å². The van der Waals surface area contributed by atoms with E-state index in [4.69, 9.17) is 4.74 Å². The van der Waals surface area contributed by atoms with Gasteiger partial charge in [-0.15, -0.1) is 0 Å². The fourth-order valence-corrected chi connectivity index (χ4v) is 2.04. The quantitative estimate of drug-likeness (QED) is 0.538. The number of methoxy groups -OCH3 is 1. The van der Waals surface area contributed by atoms with E-state index in [1.165, 1.54) is 7.11 Å². The molecule has 0 aromatic rings. The average Bonchev–Trinajstić information content (AvgIpc) is 2.47. The van der Waals surface area contributed by atoms with Crippen molar-refractivity contribution in [1.29, 1.82) is 0 Å². The van der Waals surface area contributed by atoms with Crippen molar-refractivity contribution >= 4 is 11.9 Å². The highest BCUT2D eigenvalue weighted by molar-refractivity contribution is 6.04. The van der Waals surface area contributed by atoms with Crippen LogP contribution in [-0.4, -0.2) is 25.5 Å². The number of ether oxygens (including phenoxy) is 1. The second-order valence-corrected chi connectivity index (χ2v) is 4.18. The zero-order chi connectivity index (χ0) is 10.8. The molecule has 0 aliphatic carbocycles. The van der Waals surface area contributed by atoms with E-state index in [1.807, 2.05) is 13.8 Å². The Kier molecular flexibility index (Phi) is 3.13. The van der Waals surface area contributed by atoms with Crippen LogP contribution in [0.1, 0.15) is 26.7 Å². The maximum atomic E-state index is 11.6. The first-order valence-electron chi connectivity index (χ1n) is 4.89. The van der Waals surface area contributed by atoms with Crippen LogP contribution in [0.5, 0.6) is 0 Å². The van der Waals surface area contributed by atoms with Crippen LogP contribution >= 0.6 is 0 Å². The monoisotopic (exact) mass is 199 g/mol. The molecule has 14 heavy (non-hydrogen) atoms. The Labute approximate surface area is 84.0 Å². The molecular weight excluding hydrogens is 182 g/mol. The van der Waals surface area contributed by atoms with Crippen molar-refractivity contribution in [2.24, 2.45) is 11.3 Å². The molecule has 0 aromatic heterocycles. The number of carbonyl (C=O) groups excluding carboxylic acids is 2. The molecule has 1 heterocycles. The number of nitrogens with one attached hydrogen (secondary N) is 1. The molecule has 4 heteroatoms. The molecule has 0 saturated carbocycles. The first-order valence-corrected chi connectivity index (χ1v) is 4.89. The summed E-state index contributed by atoms with van der Waals surface area (Å²) < 4.78 is 4.71. The molecule has 1 rings (SSSR count). The molecule has 1 saturated heterocycles. The maximum Gasteiger partial charge on any atom is 0.321 e. The Balaban J connectivity index is 2.89. The molecule has 1 N–H and O–H groups in total. The van der Waals surface area contributed by atoms with E-state index >= 15 is 0 Å². The molecule has 0 radical (unpaired) electrons. The zero-order valence-corrected chi connectivity index (χ0v) is 8.92. The number of amides is 1. The SMILES string of the molecule is COC(=O)C1(CC(C)C)CCNC1=O. The molecular formula is C10H17NO3. The summed E-state index contributed by atoms with van der Waals surface area (Å²) >= 11 is 0. The van der Waals surface area contributed by atoms with Crippen molar-refractivity contribution in [2.45, 2.75) is 26.7 Å². The Morgan fingerprint density at radius 1 is 1.64 bits per heavy atom. The summed E-state index contributed by atoms with van der Waals surface area (Å²) in [5, 5.41) is 2.69. The molecule has 4 nitrogen and oxygen atoms in total. The minimum atomic E-state index is -0.928. The number of carbonyl (C=O) groups is 2. The Morgan fingerprint density at radius 3 is 2.64 bits per heavy atom. The van der Waals surface area contributed by atoms with Crippen molar-refractivity contribution in [3.05, 3.63) is 0 Å². The van der Waals surface area contributed by atoms with Crippen molar-refractivity contribution in [1.82, 2.24) is 5.32 Å². The van der Waals surface area contributed by atoms with Crippen LogP contribution in [0.15, 0.2) is 0 Å². The van der Waals surface area contributed by atoms with E-state index in [2.05, 4.69) is 5.32 Å². The van der Waals surface area contributed by atoms with E-state index in [-0.39, 0.29) is 5.91 Å². The summed E-state index contributed by atoms with van der Waals surface area (Å²) in [6.45, 7) is 4.56. The van der Waals surface area contributed by atoms with Gasteiger partial charge in [-0.05, 0) is 18.8 Å². The van der Waals surface area contributed by atoms with Crippen molar-refractivity contribution < 1.29 is 14.3 Å². The van der Waals surface area contributed by atoms with Gasteiger partial charge in [-0.3, -0.25) is 9.59 Å². The Morgan fingerprint density at radius 2 is 2.29 bits per heavy atom. The van der Waals surface area contributed by atoms with E-state index in [1.54, 1.807) is 0 Å². The topological polar surface area (TPSA) is 55.4 Å². The van der Waals surface area contributed by atoms with Gasteiger partial charge in [0.15, 0.2) is 0 Å². The molecule has 0 spiro atoms. The third kappa shape index (κ3) is 1.74. The molecule has 0 aromatic carbocycles. The summed E-state index contributed by atoms with van der Waals surface area (Å²) in [5.74, 6) is -0.280. The van der Waals surface area contributed by atoms with Gasteiger partial charge in [-0.25, -0.2) is 0 Å². The molecule has 0 bridgehead atoms. The average molecular weight is 199 g/mol. The largest absolute Gasteiger partial charge is 0.468 e. The standard InChI is InChI=1S/C10H17NO3/c1-7(2)6-10(9(13)14-3)4-5-11-8(10)12/h7H,4-6H2,1-3H3,(H,11,12). The van der Waals surface area contributed by atoms with Crippen LogP contribution in [0.25, 0.3) is 0 Å².